The van der Waals surface area contributed by atoms with Crippen molar-refractivity contribution in [2.24, 2.45) is 23.5 Å². The Bertz CT molecular complexity index is 303. The van der Waals surface area contributed by atoms with Crippen molar-refractivity contribution in [3.05, 3.63) is 0 Å². The van der Waals surface area contributed by atoms with Crippen LogP contribution in [-0.4, -0.2) is 29.9 Å². The van der Waals surface area contributed by atoms with Gasteiger partial charge in [-0.2, -0.15) is 0 Å². The van der Waals surface area contributed by atoms with Gasteiger partial charge in [-0.1, -0.05) is 20.3 Å². The number of nitrogens with two attached hydrogens (primary N) is 1. The summed E-state index contributed by atoms with van der Waals surface area (Å²) in [6.45, 7) is 6.53. The zero-order valence-electron chi connectivity index (χ0n) is 12.6. The molecule has 0 radical (unpaired) electrons. The van der Waals surface area contributed by atoms with Gasteiger partial charge in [0, 0.05) is 25.6 Å². The van der Waals surface area contributed by atoms with E-state index < -0.39 is 0 Å². The number of hydrogen-bond acceptors (Lipinski definition) is 2. The number of amides is 1. The average Bonchev–Trinajstić information content (AvgIpc) is 2.66. The fourth-order valence-electron chi connectivity index (χ4n) is 3.71. The first-order valence-electron chi connectivity index (χ1n) is 8.11. The van der Waals surface area contributed by atoms with Crippen LogP contribution in [0, 0.1) is 17.8 Å². The molecular weight excluding hydrogens is 236 g/mol. The minimum atomic E-state index is 0.263. The summed E-state index contributed by atoms with van der Waals surface area (Å²) >= 11 is 0. The Kier molecular flexibility index (Phi) is 5.26. The molecular formula is C16H30N2O. The monoisotopic (exact) mass is 266 g/mol. The smallest absolute Gasteiger partial charge is 0.222 e. The van der Waals surface area contributed by atoms with Gasteiger partial charge in [-0.3, -0.25) is 4.79 Å². The molecule has 1 amide bonds. The van der Waals surface area contributed by atoms with E-state index in [9.17, 15) is 4.79 Å². The van der Waals surface area contributed by atoms with Crippen molar-refractivity contribution in [1.29, 1.82) is 0 Å². The molecule has 1 unspecified atom stereocenters. The third kappa shape index (κ3) is 3.95. The lowest BCUT2D eigenvalue weighted by atomic mass is 9.89. The van der Waals surface area contributed by atoms with Crippen molar-refractivity contribution in [3.8, 4) is 0 Å². The average molecular weight is 266 g/mol. The molecule has 110 valence electrons. The highest BCUT2D eigenvalue weighted by Gasteiger charge is 2.29. The summed E-state index contributed by atoms with van der Waals surface area (Å²) in [5.74, 6) is 2.34. The van der Waals surface area contributed by atoms with E-state index in [1.807, 2.05) is 0 Å². The summed E-state index contributed by atoms with van der Waals surface area (Å²) in [5, 5.41) is 0. The van der Waals surface area contributed by atoms with E-state index >= 15 is 0 Å². The summed E-state index contributed by atoms with van der Waals surface area (Å²) in [7, 11) is 0. The Morgan fingerprint density at radius 3 is 2.58 bits per heavy atom. The van der Waals surface area contributed by atoms with Gasteiger partial charge in [-0.05, 0) is 49.9 Å². The Morgan fingerprint density at radius 2 is 1.95 bits per heavy atom. The van der Waals surface area contributed by atoms with Crippen LogP contribution in [0.1, 0.15) is 58.8 Å². The number of carbonyl (C=O) groups is 1. The molecule has 2 N–H and O–H groups in total. The number of rotatable bonds is 3. The van der Waals surface area contributed by atoms with Gasteiger partial charge in [0.15, 0.2) is 0 Å². The predicted octanol–water partition coefficient (Wildman–Crippen LogP) is 2.79. The summed E-state index contributed by atoms with van der Waals surface area (Å²) < 4.78 is 0. The van der Waals surface area contributed by atoms with Crippen LogP contribution in [0.15, 0.2) is 0 Å². The molecule has 3 nitrogen and oxygen atoms in total. The molecule has 19 heavy (non-hydrogen) atoms. The van der Waals surface area contributed by atoms with Crippen molar-refractivity contribution in [2.75, 3.05) is 13.1 Å². The van der Waals surface area contributed by atoms with Gasteiger partial charge in [-0.15, -0.1) is 0 Å². The van der Waals surface area contributed by atoms with Crippen molar-refractivity contribution >= 4 is 5.91 Å². The molecule has 2 aliphatic rings. The molecule has 1 heterocycles. The van der Waals surface area contributed by atoms with Crippen LogP contribution in [0.25, 0.3) is 0 Å². The molecule has 3 atom stereocenters. The van der Waals surface area contributed by atoms with Crippen LogP contribution in [-0.2, 0) is 4.79 Å². The predicted molar refractivity (Wildman–Crippen MR) is 78.7 cm³/mol. The first-order valence-corrected chi connectivity index (χ1v) is 8.11. The Morgan fingerprint density at radius 1 is 1.16 bits per heavy atom. The van der Waals surface area contributed by atoms with E-state index in [1.165, 1.54) is 25.7 Å². The number of hydrogen-bond donors (Lipinski definition) is 1. The topological polar surface area (TPSA) is 46.3 Å². The molecule has 1 aliphatic heterocycles. The van der Waals surface area contributed by atoms with Gasteiger partial charge >= 0.3 is 0 Å². The van der Waals surface area contributed by atoms with Crippen molar-refractivity contribution in [3.63, 3.8) is 0 Å². The van der Waals surface area contributed by atoms with Crippen LogP contribution in [0.4, 0.5) is 0 Å². The lowest BCUT2D eigenvalue weighted by Gasteiger charge is -2.24. The quantitative estimate of drug-likeness (QED) is 0.854. The minimum Gasteiger partial charge on any atom is -0.343 e. The summed E-state index contributed by atoms with van der Waals surface area (Å²) in [5.41, 5.74) is 6.08. The number of likely N-dealkylation sites (tertiary alicyclic amines) is 1. The van der Waals surface area contributed by atoms with Crippen molar-refractivity contribution in [2.45, 2.75) is 64.8 Å². The molecule has 0 aromatic carbocycles. The van der Waals surface area contributed by atoms with Crippen molar-refractivity contribution in [1.82, 2.24) is 4.90 Å². The maximum Gasteiger partial charge on any atom is 0.222 e. The Hall–Kier alpha value is -0.570. The second-order valence-electron chi connectivity index (χ2n) is 6.87. The van der Waals surface area contributed by atoms with Gasteiger partial charge in [-0.25, -0.2) is 0 Å². The standard InChI is InChI=1S/C16H30N2O/c1-12(2)13-6-4-9-18(10-8-13)16(19)11-14-5-3-7-15(14)17/h12-15H,3-11,17H2,1-2H3/t13?,14-,15+/m0/s1. The molecule has 3 heteroatoms. The largest absolute Gasteiger partial charge is 0.343 e. The highest BCUT2D eigenvalue weighted by atomic mass is 16.2. The van der Waals surface area contributed by atoms with E-state index in [-0.39, 0.29) is 6.04 Å². The van der Waals surface area contributed by atoms with Gasteiger partial charge < -0.3 is 10.6 Å². The Labute approximate surface area is 117 Å². The van der Waals surface area contributed by atoms with Crippen LogP contribution in [0.2, 0.25) is 0 Å². The molecule has 1 aliphatic carbocycles. The number of carbonyl (C=O) groups excluding carboxylic acids is 1. The lowest BCUT2D eigenvalue weighted by Crippen LogP contribution is -2.36. The van der Waals surface area contributed by atoms with Crippen LogP contribution < -0.4 is 5.73 Å². The fourth-order valence-corrected chi connectivity index (χ4v) is 3.71. The van der Waals surface area contributed by atoms with E-state index in [0.29, 0.717) is 18.2 Å². The molecule has 0 aromatic heterocycles. The molecule has 1 saturated carbocycles. The SMILES string of the molecule is CC(C)C1CCCN(C(=O)C[C@@H]2CCC[C@H]2N)CC1. The summed E-state index contributed by atoms with van der Waals surface area (Å²) in [6, 6.07) is 0.263. The first kappa shape index (κ1) is 14.8. The lowest BCUT2D eigenvalue weighted by molar-refractivity contribution is -0.132. The van der Waals surface area contributed by atoms with Gasteiger partial charge in [0.05, 0.1) is 0 Å². The maximum absolute atomic E-state index is 12.4. The zero-order chi connectivity index (χ0) is 13.8. The number of nitrogens with zero attached hydrogens (tertiary/aromatic N) is 1. The third-order valence-electron chi connectivity index (χ3n) is 5.22. The molecule has 1 saturated heterocycles. The molecule has 0 aromatic rings. The zero-order valence-corrected chi connectivity index (χ0v) is 12.6. The molecule has 0 spiro atoms. The van der Waals surface area contributed by atoms with Gasteiger partial charge in [0.2, 0.25) is 5.91 Å². The summed E-state index contributed by atoms with van der Waals surface area (Å²) in [6.07, 6.45) is 7.78. The van der Waals surface area contributed by atoms with E-state index in [2.05, 4.69) is 18.7 Å². The van der Waals surface area contributed by atoms with Crippen molar-refractivity contribution < 1.29 is 4.79 Å². The van der Waals surface area contributed by atoms with Gasteiger partial charge in [0.1, 0.15) is 0 Å². The van der Waals surface area contributed by atoms with E-state index in [4.69, 9.17) is 5.73 Å². The highest BCUT2D eigenvalue weighted by Crippen LogP contribution is 2.29. The maximum atomic E-state index is 12.4. The summed E-state index contributed by atoms with van der Waals surface area (Å²) in [4.78, 5) is 14.5. The fraction of sp³-hybridized carbons (Fsp3) is 0.938. The minimum absolute atomic E-state index is 0.263. The van der Waals surface area contributed by atoms with Crippen LogP contribution >= 0.6 is 0 Å². The second kappa shape index (κ2) is 6.74. The molecule has 2 fully saturated rings. The normalized spacial score (nSPS) is 32.6. The van der Waals surface area contributed by atoms with Crippen LogP contribution in [0.5, 0.6) is 0 Å². The Balaban J connectivity index is 1.82. The van der Waals surface area contributed by atoms with Gasteiger partial charge in [0.25, 0.3) is 0 Å². The highest BCUT2D eigenvalue weighted by molar-refractivity contribution is 5.76. The first-order chi connectivity index (χ1) is 9.08. The molecule has 0 bridgehead atoms. The third-order valence-corrected chi connectivity index (χ3v) is 5.22. The second-order valence-corrected chi connectivity index (χ2v) is 6.87. The van der Waals surface area contributed by atoms with E-state index in [1.54, 1.807) is 0 Å². The van der Waals surface area contributed by atoms with E-state index in [0.717, 1.165) is 37.8 Å². The molecule has 2 rings (SSSR count). The van der Waals surface area contributed by atoms with Crippen LogP contribution in [0.3, 0.4) is 0 Å².